The van der Waals surface area contributed by atoms with Crippen LogP contribution in [0.2, 0.25) is 0 Å². The lowest BCUT2D eigenvalue weighted by Gasteiger charge is -2.35. The van der Waals surface area contributed by atoms with Gasteiger partial charge in [-0.3, -0.25) is 14.5 Å². The van der Waals surface area contributed by atoms with Crippen molar-refractivity contribution in [3.63, 3.8) is 0 Å². The van der Waals surface area contributed by atoms with Crippen molar-refractivity contribution in [2.24, 2.45) is 0 Å². The van der Waals surface area contributed by atoms with Crippen LogP contribution in [0.1, 0.15) is 36.4 Å². The molecule has 30 heavy (non-hydrogen) atoms. The van der Waals surface area contributed by atoms with Gasteiger partial charge < -0.3 is 0 Å². The molecule has 0 radical (unpaired) electrons. The molecule has 2 aromatic rings. The summed E-state index contributed by atoms with van der Waals surface area (Å²) in [7, 11) is -3.51. The van der Waals surface area contributed by atoms with E-state index in [2.05, 4.69) is 46.1 Å². The Hall–Kier alpha value is -1.74. The second-order valence-electron chi connectivity index (χ2n) is 8.05. The molecular formula is C22H35N5O2S. The number of nitrogens with zero attached hydrogens (tertiary/aromatic N) is 5. The summed E-state index contributed by atoms with van der Waals surface area (Å²) in [5.74, 6) is 0. The Bertz CT molecular complexity index is 958. The minimum Gasteiger partial charge on any atom is -0.297 e. The number of hydrogen-bond acceptors (Lipinski definition) is 5. The molecule has 0 saturated carbocycles. The predicted octanol–water partition coefficient (Wildman–Crippen LogP) is 2.61. The topological polar surface area (TPSA) is 61.7 Å². The molecule has 1 saturated heterocycles. The third-order valence-corrected chi connectivity index (χ3v) is 8.38. The fourth-order valence-electron chi connectivity index (χ4n) is 4.19. The molecule has 1 fully saturated rings. The average molecular weight is 434 g/mol. The maximum atomic E-state index is 13.0. The van der Waals surface area contributed by atoms with E-state index in [4.69, 9.17) is 0 Å². The van der Waals surface area contributed by atoms with Crippen molar-refractivity contribution in [2.75, 3.05) is 39.3 Å². The number of aryl methyl sites for hydroxylation is 2. The van der Waals surface area contributed by atoms with Crippen molar-refractivity contribution in [1.82, 2.24) is 23.9 Å². The maximum absolute atomic E-state index is 13.0. The van der Waals surface area contributed by atoms with Gasteiger partial charge in [0, 0.05) is 45.8 Å². The lowest BCUT2D eigenvalue weighted by molar-refractivity contribution is 0.0977. The number of aromatic nitrogens is 2. The molecule has 0 amide bonds. The van der Waals surface area contributed by atoms with E-state index in [1.54, 1.807) is 6.92 Å². The van der Waals surface area contributed by atoms with Gasteiger partial charge in [-0.25, -0.2) is 8.42 Å². The fraction of sp³-hybridized carbons (Fsp3) is 0.591. The minimum atomic E-state index is -3.51. The van der Waals surface area contributed by atoms with E-state index in [0.29, 0.717) is 30.3 Å². The second-order valence-corrected chi connectivity index (χ2v) is 9.93. The van der Waals surface area contributed by atoms with E-state index in [0.717, 1.165) is 38.4 Å². The number of rotatable bonds is 8. The monoisotopic (exact) mass is 433 g/mol. The first-order valence-electron chi connectivity index (χ1n) is 10.8. The molecule has 8 heteroatoms. The van der Waals surface area contributed by atoms with E-state index >= 15 is 0 Å². The number of benzene rings is 1. The molecule has 166 valence electrons. The zero-order valence-corrected chi connectivity index (χ0v) is 19.7. The van der Waals surface area contributed by atoms with Crippen LogP contribution in [0.25, 0.3) is 0 Å². The first kappa shape index (κ1) is 22.9. The van der Waals surface area contributed by atoms with Gasteiger partial charge in [-0.2, -0.15) is 9.40 Å². The van der Waals surface area contributed by atoms with E-state index in [1.807, 2.05) is 25.5 Å². The van der Waals surface area contributed by atoms with Gasteiger partial charge in [0.05, 0.1) is 18.1 Å². The Kier molecular flexibility index (Phi) is 7.34. The molecule has 0 bridgehead atoms. The van der Waals surface area contributed by atoms with Crippen molar-refractivity contribution in [2.45, 2.75) is 52.7 Å². The Balaban J connectivity index is 1.65. The quantitative estimate of drug-likeness (QED) is 0.640. The third-order valence-electron chi connectivity index (χ3n) is 6.07. The van der Waals surface area contributed by atoms with Crippen LogP contribution in [0, 0.1) is 20.8 Å². The zero-order valence-electron chi connectivity index (χ0n) is 18.9. The van der Waals surface area contributed by atoms with Crippen LogP contribution in [-0.4, -0.2) is 71.6 Å². The highest BCUT2D eigenvalue weighted by Gasteiger charge is 2.30. The summed E-state index contributed by atoms with van der Waals surface area (Å²) < 4.78 is 29.4. The Labute approximate surface area is 181 Å². The van der Waals surface area contributed by atoms with Crippen molar-refractivity contribution < 1.29 is 8.42 Å². The van der Waals surface area contributed by atoms with Crippen LogP contribution in [-0.2, 0) is 23.2 Å². The number of piperazine rings is 1. The van der Waals surface area contributed by atoms with Gasteiger partial charge in [0.1, 0.15) is 4.90 Å². The third kappa shape index (κ3) is 4.77. The molecule has 3 rings (SSSR count). The summed E-state index contributed by atoms with van der Waals surface area (Å²) in [5, 5.41) is 4.58. The standard InChI is InChI=1S/C22H35N5O2S/c1-6-26(7-2)30(28,29)22-19(4)23-27(20(22)5)17-25-14-12-24(13-15-25)16-21-11-9-8-10-18(21)3/h8-11H,6-7,12-17H2,1-5H3. The van der Waals surface area contributed by atoms with Crippen molar-refractivity contribution in [3.8, 4) is 0 Å². The van der Waals surface area contributed by atoms with E-state index < -0.39 is 10.0 Å². The first-order chi connectivity index (χ1) is 14.3. The van der Waals surface area contributed by atoms with Gasteiger partial charge in [-0.05, 0) is 31.9 Å². The largest absolute Gasteiger partial charge is 0.297 e. The zero-order chi connectivity index (χ0) is 21.9. The van der Waals surface area contributed by atoms with Gasteiger partial charge in [0.15, 0.2) is 0 Å². The highest BCUT2D eigenvalue weighted by atomic mass is 32.2. The van der Waals surface area contributed by atoms with E-state index in [1.165, 1.54) is 15.4 Å². The lowest BCUT2D eigenvalue weighted by atomic mass is 10.1. The molecule has 0 unspecified atom stereocenters. The Morgan fingerprint density at radius 2 is 1.57 bits per heavy atom. The van der Waals surface area contributed by atoms with Gasteiger partial charge in [-0.15, -0.1) is 0 Å². The molecule has 7 nitrogen and oxygen atoms in total. The SMILES string of the molecule is CCN(CC)S(=O)(=O)c1c(C)nn(CN2CCN(Cc3ccccc3C)CC2)c1C. The van der Waals surface area contributed by atoms with Crippen LogP contribution in [0.15, 0.2) is 29.2 Å². The van der Waals surface area contributed by atoms with Crippen LogP contribution in [0.3, 0.4) is 0 Å². The molecular weight excluding hydrogens is 398 g/mol. The Morgan fingerprint density at radius 1 is 0.967 bits per heavy atom. The van der Waals surface area contributed by atoms with E-state index in [-0.39, 0.29) is 0 Å². The average Bonchev–Trinajstić information content (AvgIpc) is 2.99. The van der Waals surface area contributed by atoms with Gasteiger partial charge >= 0.3 is 0 Å². The molecule has 2 heterocycles. The molecule has 0 atom stereocenters. The smallest absolute Gasteiger partial charge is 0.246 e. The molecule has 1 aromatic heterocycles. The van der Waals surface area contributed by atoms with Gasteiger partial charge in [0.25, 0.3) is 0 Å². The number of hydrogen-bond donors (Lipinski definition) is 0. The first-order valence-corrected chi connectivity index (χ1v) is 12.2. The van der Waals surface area contributed by atoms with Crippen molar-refractivity contribution in [1.29, 1.82) is 0 Å². The second kappa shape index (κ2) is 9.60. The normalized spacial score (nSPS) is 16.5. The maximum Gasteiger partial charge on any atom is 0.246 e. The molecule has 1 aromatic carbocycles. The molecule has 0 spiro atoms. The summed E-state index contributed by atoms with van der Waals surface area (Å²) in [6.07, 6.45) is 0. The molecule has 1 aliphatic heterocycles. The summed E-state index contributed by atoms with van der Waals surface area (Å²) in [5.41, 5.74) is 4.03. The summed E-state index contributed by atoms with van der Waals surface area (Å²) in [6.45, 7) is 16.0. The molecule has 1 aliphatic rings. The molecule has 0 aliphatic carbocycles. The van der Waals surface area contributed by atoms with Crippen molar-refractivity contribution >= 4 is 10.0 Å². The van der Waals surface area contributed by atoms with Gasteiger partial charge in [-0.1, -0.05) is 38.1 Å². The molecule has 0 N–H and O–H groups in total. The highest BCUT2D eigenvalue weighted by Crippen LogP contribution is 2.24. The lowest BCUT2D eigenvalue weighted by Crippen LogP contribution is -2.46. The highest BCUT2D eigenvalue weighted by molar-refractivity contribution is 7.89. The van der Waals surface area contributed by atoms with Crippen LogP contribution < -0.4 is 0 Å². The van der Waals surface area contributed by atoms with Crippen LogP contribution in [0.5, 0.6) is 0 Å². The Morgan fingerprint density at radius 3 is 2.17 bits per heavy atom. The summed E-state index contributed by atoms with van der Waals surface area (Å²) >= 11 is 0. The fourth-order valence-corrected chi connectivity index (χ4v) is 6.02. The summed E-state index contributed by atoms with van der Waals surface area (Å²) in [4.78, 5) is 5.20. The minimum absolute atomic E-state index is 0.365. The van der Waals surface area contributed by atoms with Crippen LogP contribution in [0.4, 0.5) is 0 Å². The van der Waals surface area contributed by atoms with Gasteiger partial charge in [0.2, 0.25) is 10.0 Å². The van der Waals surface area contributed by atoms with Crippen molar-refractivity contribution in [3.05, 3.63) is 46.8 Å². The van der Waals surface area contributed by atoms with Crippen LogP contribution >= 0.6 is 0 Å². The number of sulfonamides is 1. The van der Waals surface area contributed by atoms with E-state index in [9.17, 15) is 8.42 Å². The predicted molar refractivity (Wildman–Crippen MR) is 120 cm³/mol. The summed E-state index contributed by atoms with van der Waals surface area (Å²) in [6, 6.07) is 8.55.